The fourth-order valence-electron chi connectivity index (χ4n) is 2.00. The van der Waals surface area contributed by atoms with Gasteiger partial charge in [-0.1, -0.05) is 18.2 Å². The van der Waals surface area contributed by atoms with Gasteiger partial charge < -0.3 is 15.4 Å². The predicted molar refractivity (Wildman–Crippen MR) is 62.2 cm³/mol. The maximum Gasteiger partial charge on any atom is 0.0642 e. The minimum absolute atomic E-state index is 0.608. The van der Waals surface area contributed by atoms with Gasteiger partial charge in [-0.25, -0.2) is 0 Å². The lowest BCUT2D eigenvalue weighted by atomic mass is 10.2. The molecule has 0 saturated heterocycles. The Morgan fingerprint density at radius 2 is 2.13 bits per heavy atom. The lowest BCUT2D eigenvalue weighted by Crippen LogP contribution is -2.26. The third-order valence-corrected chi connectivity index (χ3v) is 2.75. The maximum atomic E-state index is 5.39. The molecule has 0 aliphatic carbocycles. The molecule has 3 nitrogen and oxygen atoms in total. The first-order valence-electron chi connectivity index (χ1n) is 5.52. The Balaban J connectivity index is 1.85. The van der Waals surface area contributed by atoms with Crippen LogP contribution in [0.4, 0.5) is 5.69 Å². The van der Waals surface area contributed by atoms with Gasteiger partial charge in [-0.15, -0.1) is 0 Å². The average molecular weight is 206 g/mol. The van der Waals surface area contributed by atoms with Gasteiger partial charge in [0.05, 0.1) is 13.2 Å². The largest absolute Gasteiger partial charge is 0.378 e. The van der Waals surface area contributed by atoms with Crippen LogP contribution in [0.5, 0.6) is 0 Å². The molecule has 0 unspecified atom stereocenters. The topological polar surface area (TPSA) is 38.5 Å². The van der Waals surface area contributed by atoms with Crippen molar-refractivity contribution >= 4 is 5.69 Å². The summed E-state index contributed by atoms with van der Waals surface area (Å²) in [4.78, 5) is 2.38. The van der Waals surface area contributed by atoms with E-state index in [9.17, 15) is 0 Å². The molecule has 0 amide bonds. The highest BCUT2D eigenvalue weighted by atomic mass is 16.5. The molecule has 3 heteroatoms. The lowest BCUT2D eigenvalue weighted by molar-refractivity contribution is 0.148. The summed E-state index contributed by atoms with van der Waals surface area (Å²) in [5.41, 5.74) is 8.18. The molecule has 0 bridgehead atoms. The van der Waals surface area contributed by atoms with Crippen LogP contribution >= 0.6 is 0 Å². The fraction of sp³-hybridized carbons (Fsp3) is 0.500. The number of fused-ring (bicyclic) bond motifs is 1. The number of nitrogens with two attached hydrogens (primary N) is 1. The zero-order valence-electron chi connectivity index (χ0n) is 8.98. The van der Waals surface area contributed by atoms with Crippen LogP contribution in [0.2, 0.25) is 0 Å². The molecule has 0 fully saturated rings. The molecular formula is C12H18N2O. The summed E-state index contributed by atoms with van der Waals surface area (Å²) in [6.45, 7) is 4.12. The number of anilines is 1. The Morgan fingerprint density at radius 3 is 3.00 bits per heavy atom. The Hall–Kier alpha value is -1.06. The van der Waals surface area contributed by atoms with Crippen LogP contribution < -0.4 is 10.6 Å². The molecule has 1 heterocycles. The first-order valence-corrected chi connectivity index (χ1v) is 5.52. The van der Waals surface area contributed by atoms with Crippen molar-refractivity contribution in [3.05, 3.63) is 29.8 Å². The van der Waals surface area contributed by atoms with E-state index in [1.807, 2.05) is 0 Å². The van der Waals surface area contributed by atoms with E-state index in [-0.39, 0.29) is 0 Å². The van der Waals surface area contributed by atoms with Crippen molar-refractivity contribution < 1.29 is 4.74 Å². The third-order valence-electron chi connectivity index (χ3n) is 2.75. The summed E-state index contributed by atoms with van der Waals surface area (Å²) in [6.07, 6.45) is 1.16. The number of rotatable bonds is 5. The van der Waals surface area contributed by atoms with Gasteiger partial charge in [0.2, 0.25) is 0 Å². The second-order valence-electron chi connectivity index (χ2n) is 3.77. The van der Waals surface area contributed by atoms with E-state index < -0.39 is 0 Å². The van der Waals surface area contributed by atoms with Crippen molar-refractivity contribution in [3.63, 3.8) is 0 Å². The van der Waals surface area contributed by atoms with Crippen LogP contribution in [0.25, 0.3) is 0 Å². The molecule has 1 aromatic carbocycles. The molecule has 0 aromatic heterocycles. The number of hydrogen-bond acceptors (Lipinski definition) is 3. The van der Waals surface area contributed by atoms with Crippen molar-refractivity contribution in [2.75, 3.05) is 37.7 Å². The molecule has 1 aromatic rings. The van der Waals surface area contributed by atoms with Gasteiger partial charge >= 0.3 is 0 Å². The van der Waals surface area contributed by atoms with Gasteiger partial charge in [0.1, 0.15) is 0 Å². The number of benzene rings is 1. The third kappa shape index (κ3) is 2.49. The van der Waals surface area contributed by atoms with Crippen molar-refractivity contribution in [2.45, 2.75) is 6.42 Å². The van der Waals surface area contributed by atoms with Crippen LogP contribution in [0.1, 0.15) is 5.56 Å². The van der Waals surface area contributed by atoms with Crippen LogP contribution in [-0.2, 0) is 11.2 Å². The molecule has 0 saturated carbocycles. The van der Waals surface area contributed by atoms with E-state index in [1.54, 1.807) is 0 Å². The van der Waals surface area contributed by atoms with Crippen LogP contribution in [0.3, 0.4) is 0 Å². The predicted octanol–water partition coefficient (Wildman–Crippen LogP) is 1.02. The first kappa shape index (κ1) is 10.5. The van der Waals surface area contributed by atoms with Crippen molar-refractivity contribution in [1.82, 2.24) is 0 Å². The quantitative estimate of drug-likeness (QED) is 0.731. The highest BCUT2D eigenvalue weighted by Gasteiger charge is 2.17. The first-order chi connectivity index (χ1) is 7.42. The second-order valence-corrected chi connectivity index (χ2v) is 3.77. The number of para-hydroxylation sites is 1. The molecule has 1 aliphatic rings. The SMILES string of the molecule is NCCOCCN1CCc2ccccc21. The minimum atomic E-state index is 0.608. The number of hydrogen-bond donors (Lipinski definition) is 1. The zero-order chi connectivity index (χ0) is 10.5. The molecule has 2 N–H and O–H groups in total. The van der Waals surface area contributed by atoms with Gasteiger partial charge in [-0.3, -0.25) is 0 Å². The fourth-order valence-corrected chi connectivity index (χ4v) is 2.00. The Bertz CT molecular complexity index is 314. The summed E-state index contributed by atoms with van der Waals surface area (Å²) in [6, 6.07) is 8.59. The van der Waals surface area contributed by atoms with Gasteiger partial charge in [-0.05, 0) is 18.1 Å². The maximum absolute atomic E-state index is 5.39. The minimum Gasteiger partial charge on any atom is -0.378 e. The van der Waals surface area contributed by atoms with E-state index in [2.05, 4.69) is 29.2 Å². The summed E-state index contributed by atoms with van der Waals surface area (Å²) in [5.74, 6) is 0. The standard InChI is InChI=1S/C12H18N2O/c13-6-9-15-10-8-14-7-5-11-3-1-2-4-12(11)14/h1-4H,5-10,13H2. The average Bonchev–Trinajstić information content (AvgIpc) is 2.68. The molecule has 2 rings (SSSR count). The summed E-state index contributed by atoms with van der Waals surface area (Å²) in [5, 5.41) is 0. The summed E-state index contributed by atoms with van der Waals surface area (Å²) < 4.78 is 5.39. The molecule has 0 radical (unpaired) electrons. The highest BCUT2D eigenvalue weighted by molar-refractivity contribution is 5.57. The van der Waals surface area contributed by atoms with Crippen LogP contribution in [-0.4, -0.2) is 32.8 Å². The highest BCUT2D eigenvalue weighted by Crippen LogP contribution is 2.26. The van der Waals surface area contributed by atoms with Crippen molar-refractivity contribution in [3.8, 4) is 0 Å². The van der Waals surface area contributed by atoms with Gasteiger partial charge in [0.25, 0.3) is 0 Å². The van der Waals surface area contributed by atoms with Crippen LogP contribution in [0, 0.1) is 0 Å². The lowest BCUT2D eigenvalue weighted by Gasteiger charge is -2.18. The Labute approximate surface area is 90.8 Å². The molecule has 0 spiro atoms. The smallest absolute Gasteiger partial charge is 0.0642 e. The second kappa shape index (κ2) is 5.14. The van der Waals surface area contributed by atoms with E-state index in [0.29, 0.717) is 13.2 Å². The monoisotopic (exact) mass is 206 g/mol. The van der Waals surface area contributed by atoms with E-state index in [1.165, 1.54) is 11.3 Å². The summed E-state index contributed by atoms with van der Waals surface area (Å²) in [7, 11) is 0. The Morgan fingerprint density at radius 1 is 1.27 bits per heavy atom. The zero-order valence-corrected chi connectivity index (χ0v) is 8.98. The van der Waals surface area contributed by atoms with Gasteiger partial charge in [0, 0.05) is 25.3 Å². The number of nitrogens with zero attached hydrogens (tertiary/aromatic N) is 1. The number of ether oxygens (including phenoxy) is 1. The summed E-state index contributed by atoms with van der Waals surface area (Å²) >= 11 is 0. The normalized spacial score (nSPS) is 14.3. The van der Waals surface area contributed by atoms with Crippen LogP contribution in [0.15, 0.2) is 24.3 Å². The molecule has 82 valence electrons. The molecule has 0 atom stereocenters. The van der Waals surface area contributed by atoms with E-state index in [4.69, 9.17) is 10.5 Å². The van der Waals surface area contributed by atoms with E-state index in [0.717, 1.165) is 26.1 Å². The molecule has 1 aliphatic heterocycles. The van der Waals surface area contributed by atoms with E-state index >= 15 is 0 Å². The Kier molecular flexibility index (Phi) is 3.59. The van der Waals surface area contributed by atoms with Crippen molar-refractivity contribution in [2.24, 2.45) is 5.73 Å². The molecular weight excluding hydrogens is 188 g/mol. The molecule has 15 heavy (non-hydrogen) atoms. The van der Waals surface area contributed by atoms with Gasteiger partial charge in [-0.2, -0.15) is 0 Å². The van der Waals surface area contributed by atoms with Crippen molar-refractivity contribution in [1.29, 1.82) is 0 Å². The van der Waals surface area contributed by atoms with Gasteiger partial charge in [0.15, 0.2) is 0 Å².